The van der Waals surface area contributed by atoms with Crippen LogP contribution in [0.25, 0.3) is 10.9 Å². The summed E-state index contributed by atoms with van der Waals surface area (Å²) < 4.78 is 5.09. The van der Waals surface area contributed by atoms with Crippen molar-refractivity contribution in [1.29, 1.82) is 0 Å². The van der Waals surface area contributed by atoms with Gasteiger partial charge in [-0.05, 0) is 36.4 Å². The number of carbonyl (C=O) groups is 1. The Morgan fingerprint density at radius 2 is 1.77 bits per heavy atom. The maximum absolute atomic E-state index is 11.1. The fourth-order valence-corrected chi connectivity index (χ4v) is 2.51. The molecule has 134 valence electrons. The molecule has 1 aromatic heterocycles. The van der Waals surface area contributed by atoms with Crippen LogP contribution in [-0.4, -0.2) is 36.1 Å². The molecule has 0 unspecified atom stereocenters. The summed E-state index contributed by atoms with van der Waals surface area (Å²) in [5.41, 5.74) is 2.42. The molecule has 0 saturated heterocycles. The van der Waals surface area contributed by atoms with Crippen LogP contribution in [0.4, 0.5) is 23.1 Å². The van der Waals surface area contributed by atoms with Gasteiger partial charge in [0, 0.05) is 37.3 Å². The minimum atomic E-state index is -0.102. The lowest BCUT2D eigenvalue weighted by atomic mass is 10.2. The third kappa shape index (κ3) is 4.46. The van der Waals surface area contributed by atoms with Gasteiger partial charge in [0.15, 0.2) is 0 Å². The molecule has 0 aliphatic carbocycles. The summed E-state index contributed by atoms with van der Waals surface area (Å²) >= 11 is 0. The summed E-state index contributed by atoms with van der Waals surface area (Å²) in [5, 5.41) is 10.2. The van der Waals surface area contributed by atoms with Crippen molar-refractivity contribution in [3.8, 4) is 0 Å². The number of anilines is 4. The van der Waals surface area contributed by atoms with Gasteiger partial charge < -0.3 is 20.7 Å². The van der Waals surface area contributed by atoms with E-state index < -0.39 is 0 Å². The minimum absolute atomic E-state index is 0.102. The summed E-state index contributed by atoms with van der Waals surface area (Å²) in [7, 11) is 1.66. The van der Waals surface area contributed by atoms with Crippen molar-refractivity contribution in [2.24, 2.45) is 0 Å². The fourth-order valence-electron chi connectivity index (χ4n) is 2.51. The number of methoxy groups -OCH3 is 1. The molecular formula is C19H21N5O2. The summed E-state index contributed by atoms with van der Waals surface area (Å²) in [6.07, 6.45) is 0. The van der Waals surface area contributed by atoms with Gasteiger partial charge >= 0.3 is 0 Å². The molecule has 3 N–H and O–H groups in total. The summed E-state index contributed by atoms with van der Waals surface area (Å²) in [6.45, 7) is 2.72. The Labute approximate surface area is 151 Å². The first-order valence-electron chi connectivity index (χ1n) is 8.30. The number of nitrogens with one attached hydrogen (secondary N) is 3. The van der Waals surface area contributed by atoms with Crippen LogP contribution in [0.5, 0.6) is 0 Å². The molecule has 3 aromatic rings. The van der Waals surface area contributed by atoms with E-state index in [1.165, 1.54) is 6.92 Å². The van der Waals surface area contributed by atoms with Gasteiger partial charge in [-0.25, -0.2) is 4.98 Å². The van der Waals surface area contributed by atoms with Gasteiger partial charge in [-0.15, -0.1) is 0 Å². The van der Waals surface area contributed by atoms with Crippen molar-refractivity contribution in [1.82, 2.24) is 9.97 Å². The Kier molecular flexibility index (Phi) is 5.60. The molecule has 2 aromatic carbocycles. The van der Waals surface area contributed by atoms with Crippen molar-refractivity contribution in [3.63, 3.8) is 0 Å². The minimum Gasteiger partial charge on any atom is -0.383 e. The first kappa shape index (κ1) is 17.6. The number of fused-ring (bicyclic) bond motifs is 1. The Balaban J connectivity index is 1.83. The number of hydrogen-bond acceptors (Lipinski definition) is 6. The maximum Gasteiger partial charge on any atom is 0.229 e. The number of amides is 1. The lowest BCUT2D eigenvalue weighted by Crippen LogP contribution is -2.10. The zero-order valence-electron chi connectivity index (χ0n) is 14.7. The Morgan fingerprint density at radius 3 is 2.50 bits per heavy atom. The number of rotatable bonds is 7. The van der Waals surface area contributed by atoms with Crippen LogP contribution in [0, 0.1) is 0 Å². The Morgan fingerprint density at radius 1 is 1.04 bits per heavy atom. The van der Waals surface area contributed by atoms with Gasteiger partial charge in [0.1, 0.15) is 5.82 Å². The zero-order valence-corrected chi connectivity index (χ0v) is 14.7. The van der Waals surface area contributed by atoms with E-state index in [0.29, 0.717) is 19.1 Å². The second-order valence-corrected chi connectivity index (χ2v) is 5.72. The summed E-state index contributed by atoms with van der Waals surface area (Å²) in [5.74, 6) is 1.15. The van der Waals surface area contributed by atoms with Crippen molar-refractivity contribution < 1.29 is 9.53 Å². The predicted octanol–water partition coefficient (Wildman–Crippen LogP) is 3.39. The highest BCUT2D eigenvalue weighted by Crippen LogP contribution is 2.24. The Hall–Kier alpha value is -3.19. The first-order chi connectivity index (χ1) is 12.7. The van der Waals surface area contributed by atoms with E-state index in [9.17, 15) is 4.79 Å². The van der Waals surface area contributed by atoms with E-state index in [0.717, 1.165) is 28.1 Å². The molecule has 1 amide bonds. The lowest BCUT2D eigenvalue weighted by molar-refractivity contribution is -0.114. The van der Waals surface area contributed by atoms with Gasteiger partial charge in [0.05, 0.1) is 12.1 Å². The summed E-state index contributed by atoms with van der Waals surface area (Å²) in [6, 6.07) is 15.2. The van der Waals surface area contributed by atoms with Crippen LogP contribution in [0.2, 0.25) is 0 Å². The molecule has 0 fully saturated rings. The molecule has 26 heavy (non-hydrogen) atoms. The third-order valence-electron chi connectivity index (χ3n) is 3.66. The highest BCUT2D eigenvalue weighted by molar-refractivity contribution is 5.90. The second-order valence-electron chi connectivity index (χ2n) is 5.72. The standard InChI is InChI=1S/C19H21N5O2/c1-13(25)21-14-7-9-15(10-8-14)22-19-23-17-6-4-3-5-16(17)18(24-19)20-11-12-26-2/h3-10H,11-12H2,1-2H3,(H,21,25)(H2,20,22,23,24). The average molecular weight is 351 g/mol. The molecule has 7 heteroatoms. The molecule has 0 radical (unpaired) electrons. The van der Waals surface area contributed by atoms with Crippen molar-refractivity contribution >= 4 is 40.0 Å². The maximum atomic E-state index is 11.1. The topological polar surface area (TPSA) is 88.2 Å². The van der Waals surface area contributed by atoms with E-state index in [1.54, 1.807) is 7.11 Å². The third-order valence-corrected chi connectivity index (χ3v) is 3.66. The monoisotopic (exact) mass is 351 g/mol. The van der Waals surface area contributed by atoms with Gasteiger partial charge in [-0.1, -0.05) is 12.1 Å². The van der Waals surface area contributed by atoms with Crippen molar-refractivity contribution in [2.45, 2.75) is 6.92 Å². The van der Waals surface area contributed by atoms with Crippen LogP contribution >= 0.6 is 0 Å². The molecule has 3 rings (SSSR count). The van der Waals surface area contributed by atoms with E-state index >= 15 is 0 Å². The van der Waals surface area contributed by atoms with E-state index in [2.05, 4.69) is 25.9 Å². The second kappa shape index (κ2) is 8.26. The van der Waals surface area contributed by atoms with Gasteiger partial charge in [0.2, 0.25) is 11.9 Å². The lowest BCUT2D eigenvalue weighted by Gasteiger charge is -2.12. The normalized spacial score (nSPS) is 10.5. The van der Waals surface area contributed by atoms with E-state index in [-0.39, 0.29) is 5.91 Å². The highest BCUT2D eigenvalue weighted by Gasteiger charge is 2.07. The smallest absolute Gasteiger partial charge is 0.229 e. The van der Waals surface area contributed by atoms with Crippen LogP contribution in [0.1, 0.15) is 6.92 Å². The van der Waals surface area contributed by atoms with E-state index in [4.69, 9.17) is 4.74 Å². The summed E-state index contributed by atoms with van der Waals surface area (Å²) in [4.78, 5) is 20.2. The number of ether oxygens (including phenoxy) is 1. The Bertz CT molecular complexity index is 896. The predicted molar refractivity (Wildman–Crippen MR) is 104 cm³/mol. The number of aromatic nitrogens is 2. The molecular weight excluding hydrogens is 330 g/mol. The fraction of sp³-hybridized carbons (Fsp3) is 0.211. The SMILES string of the molecule is COCCNc1nc(Nc2ccc(NC(C)=O)cc2)nc2ccccc12. The largest absolute Gasteiger partial charge is 0.383 e. The molecule has 0 spiro atoms. The number of nitrogens with zero attached hydrogens (tertiary/aromatic N) is 2. The first-order valence-corrected chi connectivity index (χ1v) is 8.30. The number of benzene rings is 2. The number of hydrogen-bond donors (Lipinski definition) is 3. The van der Waals surface area contributed by atoms with Crippen LogP contribution in [-0.2, 0) is 9.53 Å². The molecule has 0 bridgehead atoms. The number of carbonyl (C=O) groups excluding carboxylic acids is 1. The van der Waals surface area contributed by atoms with Crippen LogP contribution in [0.15, 0.2) is 48.5 Å². The van der Waals surface area contributed by atoms with Gasteiger partial charge in [-0.3, -0.25) is 4.79 Å². The number of para-hydroxylation sites is 1. The van der Waals surface area contributed by atoms with Crippen molar-refractivity contribution in [2.75, 3.05) is 36.2 Å². The molecule has 0 aliphatic rings. The molecule has 7 nitrogen and oxygen atoms in total. The van der Waals surface area contributed by atoms with Crippen molar-refractivity contribution in [3.05, 3.63) is 48.5 Å². The van der Waals surface area contributed by atoms with Gasteiger partial charge in [-0.2, -0.15) is 4.98 Å². The highest BCUT2D eigenvalue weighted by atomic mass is 16.5. The zero-order chi connectivity index (χ0) is 18.4. The molecule has 0 atom stereocenters. The molecule has 1 heterocycles. The average Bonchev–Trinajstić information content (AvgIpc) is 2.63. The molecule has 0 aliphatic heterocycles. The quantitative estimate of drug-likeness (QED) is 0.566. The van der Waals surface area contributed by atoms with E-state index in [1.807, 2.05) is 48.5 Å². The van der Waals surface area contributed by atoms with Crippen LogP contribution in [0.3, 0.4) is 0 Å². The molecule has 0 saturated carbocycles. The van der Waals surface area contributed by atoms with Gasteiger partial charge in [0.25, 0.3) is 0 Å². The van der Waals surface area contributed by atoms with Crippen LogP contribution < -0.4 is 16.0 Å².